The fourth-order valence-corrected chi connectivity index (χ4v) is 7.68. The normalized spacial score (nSPS) is 20.8. The van der Waals surface area contributed by atoms with Crippen molar-refractivity contribution < 1.29 is 10.1 Å². The quantitative estimate of drug-likeness (QED) is 0.246. The van der Waals surface area contributed by atoms with E-state index < -0.39 is 12.7 Å². The van der Waals surface area contributed by atoms with Crippen molar-refractivity contribution >= 4 is 0 Å². The van der Waals surface area contributed by atoms with E-state index >= 15 is 0 Å². The predicted molar refractivity (Wildman–Crippen MR) is 158 cm³/mol. The Hall–Kier alpha value is -3.19. The summed E-state index contributed by atoms with van der Waals surface area (Å²) in [5.74, 6) is -0.479. The van der Waals surface area contributed by atoms with Gasteiger partial charge in [-0.15, -0.1) is 0 Å². The molecule has 2 saturated carbocycles. The third kappa shape index (κ3) is 3.69. The highest BCUT2D eigenvalue weighted by atomic mass is 14.9. The summed E-state index contributed by atoms with van der Waals surface area (Å²) in [6.45, 7) is -0.132. The maximum absolute atomic E-state index is 9.34. The monoisotopic (exact) mass is 502 g/mol. The highest BCUT2D eigenvalue weighted by Gasteiger charge is 2.45. The Morgan fingerprint density at radius 3 is 2.26 bits per heavy atom. The minimum Gasteiger partial charge on any atom is -0.201 e. The SMILES string of the molecule is [2H]C([2H])([2H])c1c[n+](C)c(-c2ccccc2C)cc1-c1ccc2c(c1)C1(CCCC1)c1cc(C3([2H])CCCCC3)ccc1-2. The van der Waals surface area contributed by atoms with Gasteiger partial charge in [0.05, 0.1) is 0 Å². The molecular weight excluding hydrogens is 458 g/mol. The third-order valence-electron chi connectivity index (χ3n) is 9.69. The number of hydrogen-bond donors (Lipinski definition) is 0. The average Bonchev–Trinajstić information content (AvgIpc) is 3.57. The third-order valence-corrected chi connectivity index (χ3v) is 9.69. The van der Waals surface area contributed by atoms with Crippen LogP contribution in [0.15, 0.2) is 72.9 Å². The topological polar surface area (TPSA) is 3.88 Å². The lowest BCUT2D eigenvalue weighted by molar-refractivity contribution is -0.660. The molecule has 0 bridgehead atoms. The van der Waals surface area contributed by atoms with E-state index in [-0.39, 0.29) is 5.41 Å². The first kappa shape index (κ1) is 19.8. The summed E-state index contributed by atoms with van der Waals surface area (Å²) < 4.78 is 36.6. The largest absolute Gasteiger partial charge is 0.213 e. The molecule has 192 valence electrons. The first-order valence-corrected chi connectivity index (χ1v) is 14.5. The molecule has 1 nitrogen and oxygen atoms in total. The highest BCUT2D eigenvalue weighted by molar-refractivity contribution is 5.85. The molecule has 7 rings (SSSR count). The van der Waals surface area contributed by atoms with Crippen LogP contribution in [0.3, 0.4) is 0 Å². The molecule has 1 aromatic heterocycles. The standard InChI is InChI=1S/C37H40N/c1-25-11-7-8-14-30(25)36-23-33(26(2)24-38(36)3)29-16-18-32-31-17-15-28(27-12-5-4-6-13-27)21-34(31)37(35(32)22-29)19-9-10-20-37/h7-8,11,14-18,21-24,27H,4-6,9-10,12-13,19-20H2,1-3H3/q+1/i2D3,27D. The van der Waals surface area contributed by atoms with Crippen LogP contribution in [-0.4, -0.2) is 0 Å². The zero-order valence-electron chi connectivity index (χ0n) is 26.7. The zero-order valence-corrected chi connectivity index (χ0v) is 22.7. The summed E-state index contributed by atoms with van der Waals surface area (Å²) in [5, 5.41) is 0. The van der Waals surface area contributed by atoms with Crippen LogP contribution in [0.5, 0.6) is 0 Å². The molecule has 3 aromatic carbocycles. The average molecular weight is 503 g/mol. The van der Waals surface area contributed by atoms with Crippen molar-refractivity contribution in [2.24, 2.45) is 7.05 Å². The van der Waals surface area contributed by atoms with Crippen LogP contribution < -0.4 is 4.57 Å². The number of nitrogens with zero attached hydrogens (tertiary/aromatic N) is 1. The van der Waals surface area contributed by atoms with Gasteiger partial charge >= 0.3 is 0 Å². The molecule has 0 aliphatic heterocycles. The van der Waals surface area contributed by atoms with Gasteiger partial charge in [-0.05, 0) is 102 Å². The lowest BCUT2D eigenvalue weighted by Crippen LogP contribution is -2.31. The van der Waals surface area contributed by atoms with Gasteiger partial charge in [0, 0.05) is 28.1 Å². The second-order valence-electron chi connectivity index (χ2n) is 11.9. The number of pyridine rings is 1. The molecule has 1 heterocycles. The molecule has 4 aromatic rings. The fraction of sp³-hybridized carbons (Fsp3) is 0.378. The van der Waals surface area contributed by atoms with Crippen LogP contribution in [0, 0.1) is 13.8 Å². The highest BCUT2D eigenvalue weighted by Crippen LogP contribution is 2.58. The van der Waals surface area contributed by atoms with Gasteiger partial charge in [0.15, 0.2) is 6.20 Å². The molecule has 3 aliphatic carbocycles. The smallest absolute Gasteiger partial charge is 0.201 e. The molecule has 1 heteroatoms. The van der Waals surface area contributed by atoms with Gasteiger partial charge in [-0.2, -0.15) is 0 Å². The van der Waals surface area contributed by atoms with Gasteiger partial charge in [-0.25, -0.2) is 4.57 Å². The molecule has 0 unspecified atom stereocenters. The summed E-state index contributed by atoms with van der Waals surface area (Å²) in [7, 11) is 1.94. The second-order valence-corrected chi connectivity index (χ2v) is 11.9. The van der Waals surface area contributed by atoms with E-state index in [9.17, 15) is 1.37 Å². The summed E-state index contributed by atoms with van der Waals surface area (Å²) in [6.07, 6.45) is 11.8. The molecular formula is C37H40N+. The van der Waals surface area contributed by atoms with Gasteiger partial charge in [-0.1, -0.05) is 80.6 Å². The Kier molecular flexibility index (Phi) is 4.81. The molecule has 0 amide bonds. The van der Waals surface area contributed by atoms with Crippen LogP contribution in [0.4, 0.5) is 0 Å². The van der Waals surface area contributed by atoms with Gasteiger partial charge in [0.2, 0.25) is 5.69 Å². The van der Waals surface area contributed by atoms with Crippen LogP contribution in [0.25, 0.3) is 33.5 Å². The van der Waals surface area contributed by atoms with E-state index in [2.05, 4.69) is 61.5 Å². The van der Waals surface area contributed by atoms with Crippen LogP contribution in [0.1, 0.15) is 97.0 Å². The first-order valence-electron chi connectivity index (χ1n) is 16.5. The maximum Gasteiger partial charge on any atom is 0.213 e. The van der Waals surface area contributed by atoms with Crippen molar-refractivity contribution in [2.45, 2.75) is 82.9 Å². The Morgan fingerprint density at radius 1 is 0.763 bits per heavy atom. The minimum absolute atomic E-state index is 0.0554. The summed E-state index contributed by atoms with van der Waals surface area (Å²) in [4.78, 5) is 0. The van der Waals surface area contributed by atoms with Crippen LogP contribution in [-0.2, 0) is 12.5 Å². The Morgan fingerprint density at radius 2 is 1.50 bits per heavy atom. The summed E-state index contributed by atoms with van der Waals surface area (Å²) in [5.41, 5.74) is 11.9. The van der Waals surface area contributed by atoms with Crippen LogP contribution in [0.2, 0.25) is 0 Å². The van der Waals surface area contributed by atoms with Gasteiger partial charge < -0.3 is 0 Å². The van der Waals surface area contributed by atoms with E-state index in [4.69, 9.17) is 4.11 Å². The number of benzene rings is 3. The van der Waals surface area contributed by atoms with Crippen molar-refractivity contribution in [1.82, 2.24) is 0 Å². The second kappa shape index (κ2) is 9.23. The van der Waals surface area contributed by atoms with Crippen molar-refractivity contribution in [1.29, 1.82) is 0 Å². The number of aromatic nitrogens is 1. The van der Waals surface area contributed by atoms with Crippen molar-refractivity contribution in [3.05, 3.63) is 101 Å². The molecule has 38 heavy (non-hydrogen) atoms. The van der Waals surface area contributed by atoms with Crippen molar-refractivity contribution in [3.63, 3.8) is 0 Å². The zero-order chi connectivity index (χ0) is 29.3. The summed E-state index contributed by atoms with van der Waals surface area (Å²) >= 11 is 0. The number of fused-ring (bicyclic) bond motifs is 5. The first-order chi connectivity index (χ1) is 20.1. The van der Waals surface area contributed by atoms with Crippen molar-refractivity contribution in [2.75, 3.05) is 0 Å². The van der Waals surface area contributed by atoms with Crippen LogP contribution >= 0.6 is 0 Å². The number of aryl methyl sites for hydroxylation is 3. The minimum atomic E-state index is -2.23. The Balaban J connectivity index is 1.40. The van der Waals surface area contributed by atoms with E-state index in [1.807, 2.05) is 29.9 Å². The molecule has 0 N–H and O–H groups in total. The lowest BCUT2D eigenvalue weighted by Gasteiger charge is -2.29. The molecule has 1 spiro atoms. The molecule has 0 saturated heterocycles. The van der Waals surface area contributed by atoms with Gasteiger partial charge in [0.25, 0.3) is 0 Å². The van der Waals surface area contributed by atoms with Gasteiger partial charge in [-0.3, -0.25) is 0 Å². The van der Waals surface area contributed by atoms with Crippen molar-refractivity contribution in [3.8, 4) is 33.5 Å². The van der Waals surface area contributed by atoms with E-state index in [0.717, 1.165) is 66.5 Å². The van der Waals surface area contributed by atoms with E-state index in [0.29, 0.717) is 5.56 Å². The van der Waals surface area contributed by atoms with E-state index in [1.54, 1.807) is 0 Å². The lowest BCUT2D eigenvalue weighted by atomic mass is 9.74. The maximum atomic E-state index is 9.34. The van der Waals surface area contributed by atoms with Gasteiger partial charge in [0.1, 0.15) is 7.05 Å². The molecule has 2 fully saturated rings. The van der Waals surface area contributed by atoms with E-state index in [1.165, 1.54) is 47.1 Å². The Labute approximate surface area is 234 Å². The molecule has 0 atom stereocenters. The summed E-state index contributed by atoms with van der Waals surface area (Å²) in [6, 6.07) is 24.0. The number of rotatable bonds is 3. The Bertz CT molecular complexity index is 1690. The predicted octanol–water partition coefficient (Wildman–Crippen LogP) is 9.35. The molecule has 0 radical (unpaired) electrons. The molecule has 3 aliphatic rings. The number of hydrogen-bond acceptors (Lipinski definition) is 0. The fourth-order valence-electron chi connectivity index (χ4n) is 7.68.